The number of carbonyl (C=O) groups is 2. The topological polar surface area (TPSA) is 59.1 Å². The first-order chi connectivity index (χ1) is 11.6. The molecule has 0 bridgehead atoms. The summed E-state index contributed by atoms with van der Waals surface area (Å²) in [5.41, 5.74) is 0. The van der Waals surface area contributed by atoms with Crippen molar-refractivity contribution in [2.75, 3.05) is 39.5 Å². The quantitative estimate of drug-likeness (QED) is 0.825. The Bertz CT molecular complexity index is 587. The van der Waals surface area contributed by atoms with Gasteiger partial charge in [-0.15, -0.1) is 0 Å². The van der Waals surface area contributed by atoms with Crippen LogP contribution in [0, 0.1) is 0 Å². The van der Waals surface area contributed by atoms with E-state index in [2.05, 4.69) is 0 Å². The van der Waals surface area contributed by atoms with Crippen LogP contribution < -0.4 is 4.74 Å². The Morgan fingerprint density at radius 3 is 2.58 bits per heavy atom. The average molecular weight is 353 g/mol. The lowest BCUT2D eigenvalue weighted by molar-refractivity contribution is -0.147. The van der Waals surface area contributed by atoms with Gasteiger partial charge in [0.15, 0.2) is 6.61 Å². The predicted molar refractivity (Wildman–Crippen MR) is 89.1 cm³/mol. The first-order valence-corrected chi connectivity index (χ1v) is 8.57. The largest absolute Gasteiger partial charge is 0.484 e. The molecule has 130 valence electrons. The molecule has 3 rings (SSSR count). The second kappa shape index (κ2) is 7.85. The molecule has 7 heteroatoms. The van der Waals surface area contributed by atoms with Crippen LogP contribution in [0.25, 0.3) is 0 Å². The highest BCUT2D eigenvalue weighted by Crippen LogP contribution is 2.21. The molecule has 0 unspecified atom stereocenters. The van der Waals surface area contributed by atoms with E-state index in [4.69, 9.17) is 21.1 Å². The first kappa shape index (κ1) is 17.0. The third kappa shape index (κ3) is 3.99. The molecule has 1 atom stereocenters. The summed E-state index contributed by atoms with van der Waals surface area (Å²) in [6.45, 7) is 2.84. The lowest BCUT2D eigenvalue weighted by atomic mass is 10.2. The maximum atomic E-state index is 12.6. The number of nitrogens with zero attached hydrogens (tertiary/aromatic N) is 2. The number of ether oxygens (including phenoxy) is 2. The van der Waals surface area contributed by atoms with Crippen LogP contribution in [0.1, 0.15) is 12.8 Å². The van der Waals surface area contributed by atoms with Crippen LogP contribution in [0.2, 0.25) is 5.02 Å². The molecule has 0 aliphatic carbocycles. The number of likely N-dealkylation sites (tertiary alicyclic amines) is 1. The molecule has 0 saturated carbocycles. The van der Waals surface area contributed by atoms with Gasteiger partial charge in [-0.2, -0.15) is 0 Å². The molecule has 2 heterocycles. The number of benzene rings is 1. The summed E-state index contributed by atoms with van der Waals surface area (Å²) in [4.78, 5) is 28.5. The zero-order valence-corrected chi connectivity index (χ0v) is 14.2. The molecule has 1 aromatic carbocycles. The fourth-order valence-electron chi connectivity index (χ4n) is 3.08. The van der Waals surface area contributed by atoms with Crippen molar-refractivity contribution in [2.45, 2.75) is 18.9 Å². The van der Waals surface area contributed by atoms with Gasteiger partial charge >= 0.3 is 0 Å². The van der Waals surface area contributed by atoms with Crippen LogP contribution in [-0.4, -0.2) is 67.1 Å². The Balaban J connectivity index is 1.56. The molecular formula is C17H21ClN2O4. The van der Waals surface area contributed by atoms with Crippen molar-refractivity contribution in [3.63, 3.8) is 0 Å². The summed E-state index contributed by atoms with van der Waals surface area (Å²) < 4.78 is 10.8. The fraction of sp³-hybridized carbons (Fsp3) is 0.529. The molecule has 6 nitrogen and oxygen atoms in total. The third-order valence-corrected chi connectivity index (χ3v) is 4.61. The van der Waals surface area contributed by atoms with E-state index in [1.807, 2.05) is 0 Å². The maximum Gasteiger partial charge on any atom is 0.261 e. The molecule has 1 aromatic rings. The number of hydrogen-bond acceptors (Lipinski definition) is 4. The van der Waals surface area contributed by atoms with E-state index in [0.717, 1.165) is 6.42 Å². The van der Waals surface area contributed by atoms with Gasteiger partial charge in [0.2, 0.25) is 5.91 Å². The molecule has 0 N–H and O–H groups in total. The van der Waals surface area contributed by atoms with Crippen LogP contribution in [0.4, 0.5) is 0 Å². The lowest BCUT2D eigenvalue weighted by Gasteiger charge is -2.32. The molecule has 2 saturated heterocycles. The molecule has 2 aliphatic heterocycles. The summed E-state index contributed by atoms with van der Waals surface area (Å²) in [7, 11) is 0. The highest BCUT2D eigenvalue weighted by atomic mass is 35.5. The Hall–Kier alpha value is -1.79. The Labute approximate surface area is 146 Å². The predicted octanol–water partition coefficient (Wildman–Crippen LogP) is 1.57. The molecule has 2 amide bonds. The number of rotatable bonds is 4. The molecular weight excluding hydrogens is 332 g/mol. The lowest BCUT2D eigenvalue weighted by Crippen LogP contribution is -2.51. The van der Waals surface area contributed by atoms with E-state index in [1.54, 1.807) is 34.1 Å². The molecule has 0 spiro atoms. The first-order valence-electron chi connectivity index (χ1n) is 8.19. The summed E-state index contributed by atoms with van der Waals surface area (Å²) in [6, 6.07) is 6.49. The van der Waals surface area contributed by atoms with Crippen molar-refractivity contribution in [2.24, 2.45) is 0 Å². The summed E-state index contributed by atoms with van der Waals surface area (Å²) >= 11 is 5.82. The number of amides is 2. The van der Waals surface area contributed by atoms with E-state index in [0.29, 0.717) is 50.0 Å². The normalized spacial score (nSPS) is 21.0. The van der Waals surface area contributed by atoms with Gasteiger partial charge in [-0.3, -0.25) is 9.59 Å². The van der Waals surface area contributed by atoms with Crippen molar-refractivity contribution in [3.8, 4) is 5.75 Å². The minimum atomic E-state index is -0.371. The highest BCUT2D eigenvalue weighted by molar-refractivity contribution is 6.30. The van der Waals surface area contributed by atoms with Crippen molar-refractivity contribution in [1.29, 1.82) is 0 Å². The minimum Gasteiger partial charge on any atom is -0.484 e. The van der Waals surface area contributed by atoms with Crippen molar-refractivity contribution in [3.05, 3.63) is 29.3 Å². The van der Waals surface area contributed by atoms with Crippen LogP contribution in [0.5, 0.6) is 5.75 Å². The van der Waals surface area contributed by atoms with E-state index < -0.39 is 0 Å². The minimum absolute atomic E-state index is 0.0237. The van der Waals surface area contributed by atoms with Crippen LogP contribution in [0.15, 0.2) is 24.3 Å². The van der Waals surface area contributed by atoms with Gasteiger partial charge in [0.25, 0.3) is 5.91 Å². The van der Waals surface area contributed by atoms with E-state index in [9.17, 15) is 9.59 Å². The molecule has 2 fully saturated rings. The maximum absolute atomic E-state index is 12.6. The summed E-state index contributed by atoms with van der Waals surface area (Å²) in [5.74, 6) is 0.452. The van der Waals surface area contributed by atoms with Gasteiger partial charge in [0.05, 0.1) is 13.2 Å². The van der Waals surface area contributed by atoms with Crippen molar-refractivity contribution in [1.82, 2.24) is 9.80 Å². The summed E-state index contributed by atoms with van der Waals surface area (Å²) in [6.07, 6.45) is 1.55. The van der Waals surface area contributed by atoms with E-state index >= 15 is 0 Å². The van der Waals surface area contributed by atoms with E-state index in [1.165, 1.54) is 0 Å². The SMILES string of the molecule is O=C([C@@H]1CCCN1C(=O)COc1ccc(Cl)cc1)N1CCOCC1. The van der Waals surface area contributed by atoms with Crippen LogP contribution in [0.3, 0.4) is 0 Å². The fourth-order valence-corrected chi connectivity index (χ4v) is 3.20. The highest BCUT2D eigenvalue weighted by Gasteiger charge is 2.36. The number of morpholine rings is 1. The average Bonchev–Trinajstić information content (AvgIpc) is 3.11. The molecule has 0 radical (unpaired) electrons. The van der Waals surface area contributed by atoms with Gasteiger partial charge in [-0.25, -0.2) is 0 Å². The Kier molecular flexibility index (Phi) is 5.58. The monoisotopic (exact) mass is 352 g/mol. The van der Waals surface area contributed by atoms with E-state index in [-0.39, 0.29) is 24.5 Å². The number of hydrogen-bond donors (Lipinski definition) is 0. The zero-order chi connectivity index (χ0) is 16.9. The second-order valence-electron chi connectivity index (χ2n) is 5.93. The summed E-state index contributed by atoms with van der Waals surface area (Å²) in [5, 5.41) is 0.615. The van der Waals surface area contributed by atoms with Gasteiger partial charge in [-0.05, 0) is 37.1 Å². The number of halogens is 1. The molecule has 2 aliphatic rings. The second-order valence-corrected chi connectivity index (χ2v) is 6.36. The third-order valence-electron chi connectivity index (χ3n) is 4.36. The molecule has 24 heavy (non-hydrogen) atoms. The van der Waals surface area contributed by atoms with Crippen LogP contribution in [-0.2, 0) is 14.3 Å². The Morgan fingerprint density at radius 2 is 1.88 bits per heavy atom. The zero-order valence-electron chi connectivity index (χ0n) is 13.4. The van der Waals surface area contributed by atoms with Gasteiger partial charge < -0.3 is 19.3 Å². The standard InChI is InChI=1S/C17H21ClN2O4/c18-13-3-5-14(6-4-13)24-12-16(21)20-7-1-2-15(20)17(22)19-8-10-23-11-9-19/h3-6,15H,1-2,7-12H2/t15-/m0/s1. The smallest absolute Gasteiger partial charge is 0.261 e. The van der Waals surface area contributed by atoms with Crippen LogP contribution >= 0.6 is 11.6 Å². The molecule has 0 aromatic heterocycles. The number of carbonyl (C=O) groups excluding carboxylic acids is 2. The van der Waals surface area contributed by atoms with Crippen molar-refractivity contribution >= 4 is 23.4 Å². The van der Waals surface area contributed by atoms with Gasteiger partial charge in [0, 0.05) is 24.7 Å². The van der Waals surface area contributed by atoms with Crippen molar-refractivity contribution < 1.29 is 19.1 Å². The Morgan fingerprint density at radius 1 is 1.17 bits per heavy atom. The van der Waals surface area contributed by atoms with Gasteiger partial charge in [0.1, 0.15) is 11.8 Å². The van der Waals surface area contributed by atoms with Gasteiger partial charge in [-0.1, -0.05) is 11.6 Å².